The van der Waals surface area contributed by atoms with Gasteiger partial charge in [-0.15, -0.1) is 0 Å². The van der Waals surface area contributed by atoms with E-state index in [0.717, 1.165) is 28.8 Å². The number of aromatic nitrogens is 4. The van der Waals surface area contributed by atoms with Gasteiger partial charge in [0.25, 0.3) is 0 Å². The molecule has 162 valence electrons. The molecule has 1 aliphatic heterocycles. The van der Waals surface area contributed by atoms with E-state index in [2.05, 4.69) is 28.3 Å². The van der Waals surface area contributed by atoms with Crippen molar-refractivity contribution in [3.8, 4) is 0 Å². The van der Waals surface area contributed by atoms with E-state index in [0.29, 0.717) is 38.3 Å². The molecule has 0 saturated carbocycles. The fraction of sp³-hybridized carbons (Fsp3) is 0.417. The van der Waals surface area contributed by atoms with Gasteiger partial charge in [0.2, 0.25) is 5.91 Å². The van der Waals surface area contributed by atoms with Crippen molar-refractivity contribution in [3.05, 3.63) is 81.3 Å². The van der Waals surface area contributed by atoms with E-state index in [-0.39, 0.29) is 17.5 Å². The number of carbonyl (C=O) groups is 1. The van der Waals surface area contributed by atoms with Crippen LogP contribution in [0.25, 0.3) is 0 Å². The van der Waals surface area contributed by atoms with E-state index in [1.165, 1.54) is 4.68 Å². The Morgan fingerprint density at radius 1 is 1.23 bits per heavy atom. The number of carbonyl (C=O) groups excluding carboxylic acids is 1. The molecule has 0 saturated heterocycles. The summed E-state index contributed by atoms with van der Waals surface area (Å²) in [6.07, 6.45) is 3.97. The number of hydrogen-bond donors (Lipinski definition) is 0. The van der Waals surface area contributed by atoms with Gasteiger partial charge in [0.1, 0.15) is 5.82 Å². The van der Waals surface area contributed by atoms with Crippen molar-refractivity contribution in [3.63, 3.8) is 0 Å². The first kappa shape index (κ1) is 21.0. The second-order valence-electron chi connectivity index (χ2n) is 8.41. The zero-order valence-corrected chi connectivity index (χ0v) is 18.4. The van der Waals surface area contributed by atoms with Gasteiger partial charge >= 0.3 is 5.69 Å². The zero-order valence-electron chi connectivity index (χ0n) is 18.4. The summed E-state index contributed by atoms with van der Waals surface area (Å²) in [6.45, 7) is 5.70. The van der Waals surface area contributed by atoms with E-state index in [9.17, 15) is 9.59 Å². The number of benzene rings is 1. The molecule has 0 radical (unpaired) electrons. The highest BCUT2D eigenvalue weighted by Gasteiger charge is 2.33. The lowest BCUT2D eigenvalue weighted by Gasteiger charge is -2.26. The van der Waals surface area contributed by atoms with Crippen LogP contribution in [0.15, 0.2) is 47.4 Å². The molecule has 2 aromatic heterocycles. The molecule has 1 aliphatic rings. The second kappa shape index (κ2) is 8.88. The SMILES string of the molecule is Cc1ccc(C)c(Cn2nc3n(c2=O)CCCC3C(=O)N(C)CCc2ccccn2)c1. The molecule has 0 aliphatic carbocycles. The van der Waals surface area contributed by atoms with Crippen molar-refractivity contribution < 1.29 is 4.79 Å². The molecule has 1 aromatic carbocycles. The van der Waals surface area contributed by atoms with Crippen molar-refractivity contribution in [1.29, 1.82) is 0 Å². The fourth-order valence-corrected chi connectivity index (χ4v) is 4.18. The van der Waals surface area contributed by atoms with Crippen LogP contribution in [0.2, 0.25) is 0 Å². The van der Waals surface area contributed by atoms with Crippen molar-refractivity contribution in [1.82, 2.24) is 24.2 Å². The van der Waals surface area contributed by atoms with E-state index in [1.807, 2.05) is 39.1 Å². The van der Waals surface area contributed by atoms with E-state index < -0.39 is 0 Å². The van der Waals surface area contributed by atoms with Gasteiger partial charge < -0.3 is 4.90 Å². The summed E-state index contributed by atoms with van der Waals surface area (Å²) in [5, 5.41) is 4.63. The number of aryl methyl sites for hydroxylation is 2. The predicted octanol–water partition coefficient (Wildman–Crippen LogP) is 2.68. The van der Waals surface area contributed by atoms with Crippen molar-refractivity contribution in [2.45, 2.75) is 52.1 Å². The van der Waals surface area contributed by atoms with Crippen LogP contribution < -0.4 is 5.69 Å². The Morgan fingerprint density at radius 3 is 2.84 bits per heavy atom. The monoisotopic (exact) mass is 419 g/mol. The molecular formula is C24H29N5O2. The van der Waals surface area contributed by atoms with Crippen LogP contribution in [0, 0.1) is 13.8 Å². The third-order valence-electron chi connectivity index (χ3n) is 6.07. The number of pyridine rings is 1. The summed E-state index contributed by atoms with van der Waals surface area (Å²) >= 11 is 0. The second-order valence-corrected chi connectivity index (χ2v) is 8.41. The first-order chi connectivity index (χ1) is 14.9. The molecule has 0 spiro atoms. The van der Waals surface area contributed by atoms with Crippen LogP contribution in [0.3, 0.4) is 0 Å². The Hall–Kier alpha value is -3.22. The first-order valence-corrected chi connectivity index (χ1v) is 10.8. The summed E-state index contributed by atoms with van der Waals surface area (Å²) in [6, 6.07) is 12.0. The Balaban J connectivity index is 1.53. The lowest BCUT2D eigenvalue weighted by atomic mass is 9.97. The summed E-state index contributed by atoms with van der Waals surface area (Å²) in [4.78, 5) is 32.3. The molecule has 7 nitrogen and oxygen atoms in total. The number of amides is 1. The lowest BCUT2D eigenvalue weighted by molar-refractivity contribution is -0.132. The van der Waals surface area contributed by atoms with Gasteiger partial charge in [0.05, 0.1) is 12.5 Å². The highest BCUT2D eigenvalue weighted by Crippen LogP contribution is 2.26. The van der Waals surface area contributed by atoms with Gasteiger partial charge in [0, 0.05) is 38.4 Å². The highest BCUT2D eigenvalue weighted by molar-refractivity contribution is 5.82. The molecule has 0 bridgehead atoms. The fourth-order valence-electron chi connectivity index (χ4n) is 4.18. The standard InChI is InChI=1S/C24H29N5O2/c1-17-9-10-18(2)19(15-17)16-29-24(31)28-13-6-8-21(22(28)26-29)23(30)27(3)14-11-20-7-4-5-12-25-20/h4-5,7,9-10,12,15,21H,6,8,11,13-14,16H2,1-3H3. The molecular weight excluding hydrogens is 390 g/mol. The van der Waals surface area contributed by atoms with Gasteiger partial charge in [-0.05, 0) is 49.9 Å². The smallest absolute Gasteiger partial charge is 0.345 e. The highest BCUT2D eigenvalue weighted by atomic mass is 16.2. The molecule has 31 heavy (non-hydrogen) atoms. The Kier molecular flexibility index (Phi) is 6.02. The summed E-state index contributed by atoms with van der Waals surface area (Å²) < 4.78 is 3.19. The van der Waals surface area contributed by atoms with Crippen molar-refractivity contribution >= 4 is 5.91 Å². The largest absolute Gasteiger partial charge is 0.346 e. The molecule has 3 aromatic rings. The van der Waals surface area contributed by atoms with Crippen molar-refractivity contribution in [2.75, 3.05) is 13.6 Å². The maximum absolute atomic E-state index is 13.2. The van der Waals surface area contributed by atoms with Gasteiger partial charge in [-0.3, -0.25) is 14.3 Å². The Morgan fingerprint density at radius 2 is 2.06 bits per heavy atom. The summed E-state index contributed by atoms with van der Waals surface area (Å²) in [7, 11) is 1.81. The van der Waals surface area contributed by atoms with E-state index >= 15 is 0 Å². The average Bonchev–Trinajstić information content (AvgIpc) is 3.10. The predicted molar refractivity (Wildman–Crippen MR) is 119 cm³/mol. The number of likely N-dealkylation sites (N-methyl/N-ethyl adjacent to an activating group) is 1. The molecule has 0 N–H and O–H groups in total. The van der Waals surface area contributed by atoms with Crippen LogP contribution in [-0.2, 0) is 24.3 Å². The topological polar surface area (TPSA) is 73.0 Å². The molecule has 3 heterocycles. The first-order valence-electron chi connectivity index (χ1n) is 10.8. The number of fused-ring (bicyclic) bond motifs is 1. The molecule has 1 amide bonds. The molecule has 7 heteroatoms. The summed E-state index contributed by atoms with van der Waals surface area (Å²) in [5.74, 6) is 0.229. The van der Waals surface area contributed by atoms with E-state index in [1.54, 1.807) is 15.7 Å². The minimum atomic E-state index is -0.380. The Labute approximate surface area is 182 Å². The van der Waals surface area contributed by atoms with E-state index in [4.69, 9.17) is 0 Å². The molecule has 4 rings (SSSR count). The van der Waals surface area contributed by atoms with Gasteiger partial charge in [0.15, 0.2) is 0 Å². The van der Waals surface area contributed by atoms with Crippen LogP contribution in [0.5, 0.6) is 0 Å². The quantitative estimate of drug-likeness (QED) is 0.616. The Bertz CT molecular complexity index is 1130. The van der Waals surface area contributed by atoms with Crippen LogP contribution in [0.4, 0.5) is 0 Å². The van der Waals surface area contributed by atoms with Gasteiger partial charge in [-0.2, -0.15) is 5.10 Å². The molecule has 0 fully saturated rings. The maximum atomic E-state index is 13.2. The van der Waals surface area contributed by atoms with Crippen LogP contribution >= 0.6 is 0 Å². The maximum Gasteiger partial charge on any atom is 0.346 e. The minimum absolute atomic E-state index is 0.0146. The molecule has 1 atom stereocenters. The number of hydrogen-bond acceptors (Lipinski definition) is 4. The number of rotatable bonds is 6. The lowest BCUT2D eigenvalue weighted by Crippen LogP contribution is -2.37. The average molecular weight is 420 g/mol. The summed E-state index contributed by atoms with van der Waals surface area (Å²) in [5.41, 5.74) is 4.18. The van der Waals surface area contributed by atoms with Gasteiger partial charge in [-0.25, -0.2) is 9.48 Å². The minimum Gasteiger partial charge on any atom is -0.345 e. The molecule has 1 unspecified atom stereocenters. The third-order valence-corrected chi connectivity index (χ3v) is 6.07. The van der Waals surface area contributed by atoms with Crippen LogP contribution in [-0.4, -0.2) is 43.7 Å². The van der Waals surface area contributed by atoms with Crippen molar-refractivity contribution in [2.24, 2.45) is 0 Å². The van der Waals surface area contributed by atoms with Gasteiger partial charge in [-0.1, -0.05) is 29.8 Å². The zero-order chi connectivity index (χ0) is 22.0. The number of nitrogens with zero attached hydrogens (tertiary/aromatic N) is 5. The van der Waals surface area contributed by atoms with Crippen LogP contribution in [0.1, 0.15) is 47.0 Å². The normalized spacial score (nSPS) is 15.5. The third kappa shape index (κ3) is 4.45.